The highest BCUT2D eigenvalue weighted by Crippen LogP contribution is 2.21. The number of aromatic amines is 1. The second-order valence-electron chi connectivity index (χ2n) is 5.00. The van der Waals surface area contributed by atoms with E-state index >= 15 is 0 Å². The van der Waals surface area contributed by atoms with Crippen molar-refractivity contribution in [3.05, 3.63) is 54.1 Å². The van der Waals surface area contributed by atoms with Crippen molar-refractivity contribution < 1.29 is 4.79 Å². The Morgan fingerprint density at radius 2 is 2.24 bits per heavy atom. The van der Waals surface area contributed by atoms with Crippen molar-refractivity contribution in [1.29, 1.82) is 0 Å². The van der Waals surface area contributed by atoms with Crippen LogP contribution >= 0.6 is 0 Å². The van der Waals surface area contributed by atoms with Gasteiger partial charge in [-0.2, -0.15) is 0 Å². The first-order chi connectivity index (χ1) is 10.2. The molecular formula is C16H16N4O. The Kier molecular flexibility index (Phi) is 3.64. The first-order valence-electron chi connectivity index (χ1n) is 6.85. The van der Waals surface area contributed by atoms with Crippen molar-refractivity contribution in [2.45, 2.75) is 19.8 Å². The molecule has 0 atom stereocenters. The van der Waals surface area contributed by atoms with Gasteiger partial charge in [0.15, 0.2) is 5.82 Å². The minimum atomic E-state index is -0.0579. The predicted molar refractivity (Wildman–Crippen MR) is 82.0 cm³/mol. The number of aryl methyl sites for hydroxylation is 2. The van der Waals surface area contributed by atoms with E-state index in [1.165, 1.54) is 17.1 Å². The summed E-state index contributed by atoms with van der Waals surface area (Å²) in [6, 6.07) is 6.28. The van der Waals surface area contributed by atoms with Gasteiger partial charge < -0.3 is 10.3 Å². The monoisotopic (exact) mass is 280 g/mol. The summed E-state index contributed by atoms with van der Waals surface area (Å²) in [5, 5.41) is 3.92. The molecule has 3 aromatic rings. The van der Waals surface area contributed by atoms with E-state index in [0.29, 0.717) is 18.7 Å². The summed E-state index contributed by atoms with van der Waals surface area (Å²) in [4.78, 5) is 23.1. The van der Waals surface area contributed by atoms with Gasteiger partial charge in [-0.3, -0.25) is 9.78 Å². The Bertz CT molecular complexity index is 764. The second kappa shape index (κ2) is 5.75. The Morgan fingerprint density at radius 3 is 3.05 bits per heavy atom. The molecule has 1 amide bonds. The number of carbonyl (C=O) groups excluding carboxylic acids is 1. The lowest BCUT2D eigenvalue weighted by Gasteiger charge is -2.03. The van der Waals surface area contributed by atoms with Gasteiger partial charge in [0.1, 0.15) is 0 Å². The van der Waals surface area contributed by atoms with Gasteiger partial charge in [-0.1, -0.05) is 11.6 Å². The molecule has 1 aromatic carbocycles. The molecule has 21 heavy (non-hydrogen) atoms. The van der Waals surface area contributed by atoms with E-state index in [1.807, 2.05) is 6.20 Å². The van der Waals surface area contributed by atoms with Crippen molar-refractivity contribution in [3.63, 3.8) is 0 Å². The summed E-state index contributed by atoms with van der Waals surface area (Å²) >= 11 is 0. The molecule has 106 valence electrons. The number of nitrogens with zero attached hydrogens (tertiary/aromatic N) is 2. The van der Waals surface area contributed by atoms with Gasteiger partial charge in [0.2, 0.25) is 5.91 Å². The molecule has 3 rings (SSSR count). The summed E-state index contributed by atoms with van der Waals surface area (Å²) in [5.41, 5.74) is 3.47. The molecule has 0 unspecified atom stereocenters. The Morgan fingerprint density at radius 1 is 1.33 bits per heavy atom. The van der Waals surface area contributed by atoms with E-state index in [2.05, 4.69) is 45.4 Å². The van der Waals surface area contributed by atoms with Gasteiger partial charge in [-0.05, 0) is 31.0 Å². The second-order valence-corrected chi connectivity index (χ2v) is 5.00. The number of hydrogen-bond donors (Lipinski definition) is 2. The van der Waals surface area contributed by atoms with Gasteiger partial charge >= 0.3 is 0 Å². The zero-order chi connectivity index (χ0) is 14.7. The van der Waals surface area contributed by atoms with Gasteiger partial charge in [0.25, 0.3) is 0 Å². The van der Waals surface area contributed by atoms with Crippen LogP contribution in [0.2, 0.25) is 0 Å². The first kappa shape index (κ1) is 13.3. The normalized spacial score (nSPS) is 10.7. The summed E-state index contributed by atoms with van der Waals surface area (Å²) < 4.78 is 0. The maximum atomic E-state index is 11.9. The molecule has 0 saturated heterocycles. The van der Waals surface area contributed by atoms with Crippen LogP contribution in [0.25, 0.3) is 10.9 Å². The average Bonchev–Trinajstić information content (AvgIpc) is 2.88. The quantitative estimate of drug-likeness (QED) is 0.772. The number of hydrogen-bond acceptors (Lipinski definition) is 3. The minimum absolute atomic E-state index is 0.0579. The molecular weight excluding hydrogens is 264 g/mol. The third-order valence-electron chi connectivity index (χ3n) is 3.37. The molecule has 0 radical (unpaired) electrons. The average molecular weight is 280 g/mol. The SMILES string of the molecule is Cc1ccc2[nH]cc(CCC(=O)Nc3cnccn3)c2c1. The van der Waals surface area contributed by atoms with E-state index < -0.39 is 0 Å². The molecule has 0 aliphatic carbocycles. The highest BCUT2D eigenvalue weighted by molar-refractivity contribution is 5.90. The van der Waals surface area contributed by atoms with Crippen molar-refractivity contribution in [1.82, 2.24) is 15.0 Å². The molecule has 0 bridgehead atoms. The Hall–Kier alpha value is -2.69. The van der Waals surface area contributed by atoms with Gasteiger partial charge in [-0.15, -0.1) is 0 Å². The molecule has 2 aromatic heterocycles. The lowest BCUT2D eigenvalue weighted by molar-refractivity contribution is -0.116. The lowest BCUT2D eigenvalue weighted by atomic mass is 10.1. The van der Waals surface area contributed by atoms with Crippen LogP contribution in [-0.2, 0) is 11.2 Å². The highest BCUT2D eigenvalue weighted by atomic mass is 16.1. The molecule has 2 N–H and O–H groups in total. The standard InChI is InChI=1S/C16H16N4O/c1-11-2-4-14-13(8-11)12(9-19-14)3-5-16(21)20-15-10-17-6-7-18-15/h2,4,6-10,19H,3,5H2,1H3,(H,18,20,21). The van der Waals surface area contributed by atoms with Gasteiger partial charge in [0, 0.05) is 35.9 Å². The maximum absolute atomic E-state index is 11.9. The zero-order valence-corrected chi connectivity index (χ0v) is 11.8. The first-order valence-corrected chi connectivity index (χ1v) is 6.85. The number of nitrogens with one attached hydrogen (secondary N) is 2. The third kappa shape index (κ3) is 3.08. The van der Waals surface area contributed by atoms with E-state index in [9.17, 15) is 4.79 Å². The largest absolute Gasteiger partial charge is 0.361 e. The lowest BCUT2D eigenvalue weighted by Crippen LogP contribution is -2.13. The molecule has 0 saturated carbocycles. The van der Waals surface area contributed by atoms with Crippen LogP contribution in [0.5, 0.6) is 0 Å². The highest BCUT2D eigenvalue weighted by Gasteiger charge is 2.08. The molecule has 0 aliphatic heterocycles. The number of H-pyrrole nitrogens is 1. The van der Waals surface area contributed by atoms with Crippen LogP contribution in [0.3, 0.4) is 0 Å². The number of anilines is 1. The number of fused-ring (bicyclic) bond motifs is 1. The van der Waals surface area contributed by atoms with Crippen LogP contribution in [0, 0.1) is 6.92 Å². The predicted octanol–water partition coefficient (Wildman–Crippen LogP) is 2.84. The van der Waals surface area contributed by atoms with Crippen LogP contribution in [0.1, 0.15) is 17.5 Å². The summed E-state index contributed by atoms with van der Waals surface area (Å²) in [7, 11) is 0. The van der Waals surface area contributed by atoms with E-state index in [1.54, 1.807) is 12.4 Å². The van der Waals surface area contributed by atoms with Crippen LogP contribution in [0.4, 0.5) is 5.82 Å². The summed E-state index contributed by atoms with van der Waals surface area (Å²) in [5.74, 6) is 0.426. The van der Waals surface area contributed by atoms with E-state index in [-0.39, 0.29) is 5.91 Å². The minimum Gasteiger partial charge on any atom is -0.361 e. The van der Waals surface area contributed by atoms with Gasteiger partial charge in [-0.25, -0.2) is 4.98 Å². The molecule has 2 heterocycles. The Balaban J connectivity index is 1.66. The third-order valence-corrected chi connectivity index (χ3v) is 3.37. The fourth-order valence-corrected chi connectivity index (χ4v) is 2.32. The fraction of sp³-hybridized carbons (Fsp3) is 0.188. The van der Waals surface area contributed by atoms with Crippen molar-refractivity contribution in [3.8, 4) is 0 Å². The van der Waals surface area contributed by atoms with Crippen molar-refractivity contribution in [2.75, 3.05) is 5.32 Å². The van der Waals surface area contributed by atoms with E-state index in [0.717, 1.165) is 11.1 Å². The fourth-order valence-electron chi connectivity index (χ4n) is 2.32. The smallest absolute Gasteiger partial charge is 0.225 e. The van der Waals surface area contributed by atoms with E-state index in [4.69, 9.17) is 0 Å². The van der Waals surface area contributed by atoms with Crippen molar-refractivity contribution >= 4 is 22.6 Å². The molecule has 5 nitrogen and oxygen atoms in total. The molecule has 0 aliphatic rings. The van der Waals surface area contributed by atoms with Gasteiger partial charge in [0.05, 0.1) is 6.20 Å². The number of carbonyl (C=O) groups is 1. The topological polar surface area (TPSA) is 70.7 Å². The van der Waals surface area contributed by atoms with Crippen LogP contribution in [-0.4, -0.2) is 20.9 Å². The Labute approximate surface area is 122 Å². The number of aromatic nitrogens is 3. The summed E-state index contributed by atoms with van der Waals surface area (Å²) in [6.45, 7) is 2.07. The van der Waals surface area contributed by atoms with Crippen molar-refractivity contribution in [2.24, 2.45) is 0 Å². The summed E-state index contributed by atoms with van der Waals surface area (Å²) in [6.07, 6.45) is 7.74. The maximum Gasteiger partial charge on any atom is 0.225 e. The number of benzene rings is 1. The number of amides is 1. The zero-order valence-electron chi connectivity index (χ0n) is 11.8. The molecule has 0 spiro atoms. The van der Waals surface area contributed by atoms with Crippen LogP contribution in [0.15, 0.2) is 43.0 Å². The number of rotatable bonds is 4. The molecule has 5 heteroatoms. The van der Waals surface area contributed by atoms with Crippen LogP contribution < -0.4 is 5.32 Å². The molecule has 0 fully saturated rings.